The Morgan fingerprint density at radius 3 is 1.58 bits per heavy atom. The van der Waals surface area contributed by atoms with Crippen molar-refractivity contribution >= 4 is 5.69 Å². The first-order chi connectivity index (χ1) is 20.7. The van der Waals surface area contributed by atoms with Crippen LogP contribution in [0.15, 0.2) is 111 Å². The first kappa shape index (κ1) is 27.5. The Hall–Kier alpha value is -5.64. The summed E-state index contributed by atoms with van der Waals surface area (Å²) in [4.78, 5) is 39.3. The summed E-state index contributed by atoms with van der Waals surface area (Å²) in [6, 6.07) is 28.2. The van der Waals surface area contributed by atoms with Crippen molar-refractivity contribution in [2.75, 3.05) is 0 Å². The fourth-order valence-electron chi connectivity index (χ4n) is 5.68. The summed E-state index contributed by atoms with van der Waals surface area (Å²) in [7, 11) is 3.63. The van der Waals surface area contributed by atoms with Gasteiger partial charge in [-0.25, -0.2) is 9.36 Å². The Kier molecular flexibility index (Phi) is 6.81. The van der Waals surface area contributed by atoms with Crippen molar-refractivity contribution in [1.82, 2.24) is 18.7 Å². The van der Waals surface area contributed by atoms with E-state index in [1.807, 2.05) is 88.6 Å². The minimum absolute atomic E-state index is 0.0313. The maximum atomic E-state index is 14.3. The lowest BCUT2D eigenvalue weighted by atomic mass is 9.89. The predicted octanol–water partition coefficient (Wildman–Crippen LogP) is 5.63. The van der Waals surface area contributed by atoms with Crippen molar-refractivity contribution in [3.05, 3.63) is 156 Å². The van der Waals surface area contributed by atoms with Gasteiger partial charge in [-0.3, -0.25) is 29.1 Å². The van der Waals surface area contributed by atoms with Gasteiger partial charge in [-0.05, 0) is 62.4 Å². The van der Waals surface area contributed by atoms with Crippen LogP contribution in [0.3, 0.4) is 0 Å². The van der Waals surface area contributed by atoms with Gasteiger partial charge < -0.3 is 4.42 Å². The first-order valence-electron chi connectivity index (χ1n) is 13.7. The molecule has 0 aliphatic heterocycles. The van der Waals surface area contributed by atoms with Gasteiger partial charge in [-0.1, -0.05) is 36.4 Å². The number of hydrogen-bond acceptors (Lipinski definition) is 5. The average Bonchev–Trinajstić information content (AvgIpc) is 3.65. The quantitative estimate of drug-likeness (QED) is 0.181. The normalized spacial score (nSPS) is 11.4. The van der Waals surface area contributed by atoms with E-state index in [1.54, 1.807) is 43.0 Å². The Bertz CT molecular complexity index is 1970. The van der Waals surface area contributed by atoms with E-state index in [4.69, 9.17) is 4.42 Å². The summed E-state index contributed by atoms with van der Waals surface area (Å²) in [5, 5.41) is 11.2. The summed E-state index contributed by atoms with van der Waals surface area (Å²) in [5.74, 6) is 0.0355. The fraction of sp³-hybridized carbons (Fsp3) is 0.152. The molecular weight excluding hydrogens is 546 g/mol. The molecule has 0 bridgehead atoms. The van der Waals surface area contributed by atoms with Crippen molar-refractivity contribution < 1.29 is 9.34 Å². The monoisotopic (exact) mass is 575 g/mol. The molecule has 3 heterocycles. The number of nitro benzene ring substituents is 1. The molecule has 0 spiro atoms. The van der Waals surface area contributed by atoms with Crippen LogP contribution < -0.4 is 11.1 Å². The maximum absolute atomic E-state index is 14.3. The highest BCUT2D eigenvalue weighted by atomic mass is 16.6. The van der Waals surface area contributed by atoms with Crippen molar-refractivity contribution in [1.29, 1.82) is 0 Å². The molecule has 0 fully saturated rings. The van der Waals surface area contributed by atoms with Gasteiger partial charge >= 0.3 is 0 Å². The van der Waals surface area contributed by atoms with Gasteiger partial charge in [0.15, 0.2) is 0 Å². The number of aromatic nitrogens is 4. The zero-order valence-corrected chi connectivity index (χ0v) is 24.1. The van der Waals surface area contributed by atoms with Crippen LogP contribution in [0.1, 0.15) is 34.2 Å². The number of non-ortho nitro benzene ring substituents is 1. The van der Waals surface area contributed by atoms with Crippen LogP contribution in [0.4, 0.5) is 5.69 Å². The third-order valence-corrected chi connectivity index (χ3v) is 8.05. The van der Waals surface area contributed by atoms with Crippen molar-refractivity contribution in [2.24, 2.45) is 14.1 Å². The standard InChI is InChI=1S/C33H29N5O5/c1-21-29(32(39)36(34(21)3)24-11-7-5-8-12-24)31(28-20-19-27(43-28)23-15-17-26(18-16-23)38(41)42)30-22(2)35(4)37(33(30)40)25-13-9-6-10-14-25/h5-20,31H,1-4H3. The largest absolute Gasteiger partial charge is 0.460 e. The number of para-hydroxylation sites is 2. The molecule has 0 saturated carbocycles. The van der Waals surface area contributed by atoms with E-state index in [1.165, 1.54) is 12.1 Å². The van der Waals surface area contributed by atoms with Crippen LogP contribution in [0.5, 0.6) is 0 Å². The third kappa shape index (κ3) is 4.53. The van der Waals surface area contributed by atoms with E-state index in [0.717, 1.165) is 0 Å². The van der Waals surface area contributed by atoms with Crippen LogP contribution in [-0.2, 0) is 14.1 Å². The third-order valence-electron chi connectivity index (χ3n) is 8.05. The van der Waals surface area contributed by atoms with Gasteiger partial charge in [0.25, 0.3) is 16.8 Å². The SMILES string of the molecule is Cc1c(C(c2ccc(-c3ccc([N+](=O)[O-])cc3)o2)c2c(C)n(C)n(-c3ccccc3)c2=O)c(=O)n(-c2ccccc2)n1C. The summed E-state index contributed by atoms with van der Waals surface area (Å²) in [6.07, 6.45) is 0. The Morgan fingerprint density at radius 2 is 1.14 bits per heavy atom. The molecule has 3 aromatic heterocycles. The Balaban J connectivity index is 1.60. The van der Waals surface area contributed by atoms with Gasteiger partial charge in [-0.15, -0.1) is 0 Å². The molecule has 10 nitrogen and oxygen atoms in total. The number of furan rings is 1. The zero-order chi connectivity index (χ0) is 30.4. The van der Waals surface area contributed by atoms with Gasteiger partial charge in [0.05, 0.1) is 33.3 Å². The summed E-state index contributed by atoms with van der Waals surface area (Å²) >= 11 is 0. The molecule has 0 aliphatic carbocycles. The van der Waals surface area contributed by atoms with Crippen molar-refractivity contribution in [2.45, 2.75) is 19.8 Å². The number of nitrogens with zero attached hydrogens (tertiary/aromatic N) is 5. The molecule has 216 valence electrons. The first-order valence-corrected chi connectivity index (χ1v) is 13.7. The summed E-state index contributed by atoms with van der Waals surface area (Å²) < 4.78 is 13.1. The number of benzene rings is 3. The second-order valence-electron chi connectivity index (χ2n) is 10.4. The molecule has 0 amide bonds. The molecule has 6 rings (SSSR count). The minimum atomic E-state index is -0.834. The Morgan fingerprint density at radius 1 is 0.674 bits per heavy atom. The molecule has 0 N–H and O–H groups in total. The fourth-order valence-corrected chi connectivity index (χ4v) is 5.68. The van der Waals surface area contributed by atoms with E-state index < -0.39 is 10.8 Å². The topological polar surface area (TPSA) is 110 Å². The molecule has 0 unspecified atom stereocenters. The Labute approximate surface area is 246 Å². The highest BCUT2D eigenvalue weighted by molar-refractivity contribution is 5.60. The number of hydrogen-bond donors (Lipinski definition) is 0. The molecule has 0 aliphatic rings. The van der Waals surface area contributed by atoms with E-state index in [-0.39, 0.29) is 16.8 Å². The van der Waals surface area contributed by atoms with Crippen LogP contribution in [0, 0.1) is 24.0 Å². The molecule has 0 saturated heterocycles. The molecule has 3 aromatic carbocycles. The zero-order valence-electron chi connectivity index (χ0n) is 24.1. The van der Waals surface area contributed by atoms with E-state index in [2.05, 4.69) is 0 Å². The molecular formula is C33H29N5O5. The number of nitro groups is 1. The molecule has 6 aromatic rings. The smallest absolute Gasteiger partial charge is 0.275 e. The highest BCUT2D eigenvalue weighted by Crippen LogP contribution is 2.36. The van der Waals surface area contributed by atoms with Gasteiger partial charge in [0.1, 0.15) is 11.5 Å². The van der Waals surface area contributed by atoms with E-state index in [9.17, 15) is 19.7 Å². The van der Waals surface area contributed by atoms with Crippen molar-refractivity contribution in [3.8, 4) is 22.7 Å². The summed E-state index contributed by atoms with van der Waals surface area (Å²) in [6.45, 7) is 3.72. The van der Waals surface area contributed by atoms with E-state index in [0.29, 0.717) is 51.0 Å². The second-order valence-corrected chi connectivity index (χ2v) is 10.4. The second kappa shape index (κ2) is 10.6. The van der Waals surface area contributed by atoms with Gasteiger partial charge in [-0.2, -0.15) is 0 Å². The molecule has 10 heteroatoms. The number of rotatable bonds is 7. The van der Waals surface area contributed by atoms with Crippen LogP contribution >= 0.6 is 0 Å². The molecule has 0 atom stereocenters. The average molecular weight is 576 g/mol. The molecule has 43 heavy (non-hydrogen) atoms. The van der Waals surface area contributed by atoms with E-state index >= 15 is 0 Å². The van der Waals surface area contributed by atoms with Crippen LogP contribution in [-0.4, -0.2) is 23.7 Å². The van der Waals surface area contributed by atoms with Crippen LogP contribution in [0.2, 0.25) is 0 Å². The van der Waals surface area contributed by atoms with Gasteiger partial charge in [0, 0.05) is 43.2 Å². The lowest BCUT2D eigenvalue weighted by Gasteiger charge is -2.13. The van der Waals surface area contributed by atoms with Crippen LogP contribution in [0.25, 0.3) is 22.7 Å². The minimum Gasteiger partial charge on any atom is -0.460 e. The highest BCUT2D eigenvalue weighted by Gasteiger charge is 2.35. The van der Waals surface area contributed by atoms with Crippen molar-refractivity contribution in [3.63, 3.8) is 0 Å². The lowest BCUT2D eigenvalue weighted by Crippen LogP contribution is -2.26. The maximum Gasteiger partial charge on any atom is 0.275 e. The van der Waals surface area contributed by atoms with Gasteiger partial charge in [0.2, 0.25) is 0 Å². The predicted molar refractivity (Wildman–Crippen MR) is 163 cm³/mol. The molecule has 0 radical (unpaired) electrons. The summed E-state index contributed by atoms with van der Waals surface area (Å²) in [5.41, 5.74) is 3.66. The lowest BCUT2D eigenvalue weighted by molar-refractivity contribution is -0.384.